The number of carbonyl (C=O) groups excluding carboxylic acids is 1. The molecule has 0 aromatic rings. The molecular weight excluding hydrogens is 204 g/mol. The summed E-state index contributed by atoms with van der Waals surface area (Å²) in [6.07, 6.45) is 1.69. The third-order valence-corrected chi connectivity index (χ3v) is 3.22. The van der Waals surface area contributed by atoms with Crippen molar-refractivity contribution in [3.8, 4) is 0 Å². The lowest BCUT2D eigenvalue weighted by Crippen LogP contribution is -2.65. The van der Waals surface area contributed by atoms with Crippen LogP contribution in [0.5, 0.6) is 0 Å². The molecule has 0 radical (unpaired) electrons. The average molecular weight is 222 g/mol. The van der Waals surface area contributed by atoms with Crippen LogP contribution in [0.3, 0.4) is 0 Å². The van der Waals surface area contributed by atoms with Crippen molar-refractivity contribution in [2.45, 2.75) is 45.3 Å². The molecular formula is C12H18N2O2. The van der Waals surface area contributed by atoms with E-state index in [2.05, 4.69) is 4.85 Å². The maximum atomic E-state index is 11.7. The molecule has 1 saturated carbocycles. The summed E-state index contributed by atoms with van der Waals surface area (Å²) >= 11 is 0. The van der Waals surface area contributed by atoms with E-state index in [1.807, 2.05) is 20.8 Å². The van der Waals surface area contributed by atoms with E-state index < -0.39 is 5.60 Å². The first-order chi connectivity index (χ1) is 7.34. The van der Waals surface area contributed by atoms with Gasteiger partial charge in [0.1, 0.15) is 5.60 Å². The van der Waals surface area contributed by atoms with Crippen LogP contribution >= 0.6 is 0 Å². The van der Waals surface area contributed by atoms with Gasteiger partial charge in [0.25, 0.3) is 0 Å². The fourth-order valence-electron chi connectivity index (χ4n) is 2.51. The minimum absolute atomic E-state index is 0.195. The maximum absolute atomic E-state index is 11.7. The second-order valence-electron chi connectivity index (χ2n) is 6.03. The number of rotatable bonds is 0. The predicted octanol–water partition coefficient (Wildman–Crippen LogP) is 2.31. The van der Waals surface area contributed by atoms with Crippen LogP contribution in [0, 0.1) is 12.0 Å². The standard InChI is InChI=1S/C12H18N2O2/c1-11(2,3)16-10(15)14-7-12(8-14)5-9(6-12)13-4/h9H,5-8H2,1-3H3. The van der Waals surface area contributed by atoms with Gasteiger partial charge in [0.05, 0.1) is 0 Å². The van der Waals surface area contributed by atoms with Crippen molar-refractivity contribution >= 4 is 6.09 Å². The number of amides is 1. The summed E-state index contributed by atoms with van der Waals surface area (Å²) in [5, 5.41) is 0. The summed E-state index contributed by atoms with van der Waals surface area (Å²) in [5.41, 5.74) is -0.162. The van der Waals surface area contributed by atoms with Crippen molar-refractivity contribution in [2.75, 3.05) is 13.1 Å². The van der Waals surface area contributed by atoms with Gasteiger partial charge in [-0.3, -0.25) is 0 Å². The predicted molar refractivity (Wildman–Crippen MR) is 59.9 cm³/mol. The molecule has 1 aliphatic heterocycles. The number of carbonyl (C=O) groups is 1. The first-order valence-corrected chi connectivity index (χ1v) is 5.68. The van der Waals surface area contributed by atoms with E-state index in [0.717, 1.165) is 25.9 Å². The molecule has 0 bridgehead atoms. The number of nitrogens with zero attached hydrogens (tertiary/aromatic N) is 2. The van der Waals surface area contributed by atoms with Crippen LogP contribution < -0.4 is 0 Å². The first-order valence-electron chi connectivity index (χ1n) is 5.68. The number of hydrogen-bond donors (Lipinski definition) is 0. The molecule has 1 heterocycles. The Morgan fingerprint density at radius 3 is 2.44 bits per heavy atom. The topological polar surface area (TPSA) is 33.9 Å². The van der Waals surface area contributed by atoms with Gasteiger partial charge in [-0.25, -0.2) is 11.4 Å². The summed E-state index contributed by atoms with van der Waals surface area (Å²) in [6.45, 7) is 14.1. The van der Waals surface area contributed by atoms with E-state index in [9.17, 15) is 4.79 Å². The Morgan fingerprint density at radius 1 is 1.44 bits per heavy atom. The van der Waals surface area contributed by atoms with E-state index in [4.69, 9.17) is 11.3 Å². The van der Waals surface area contributed by atoms with Crippen LogP contribution in [0.2, 0.25) is 0 Å². The third kappa shape index (κ3) is 1.99. The minimum Gasteiger partial charge on any atom is -0.444 e. The molecule has 16 heavy (non-hydrogen) atoms. The molecule has 88 valence electrons. The lowest BCUT2D eigenvalue weighted by molar-refractivity contribution is -0.0716. The molecule has 0 aromatic carbocycles. The molecule has 0 N–H and O–H groups in total. The Bertz CT molecular complexity index is 337. The average Bonchev–Trinajstić information content (AvgIpc) is 1.95. The van der Waals surface area contributed by atoms with Crippen LogP contribution in [-0.4, -0.2) is 35.7 Å². The normalized spacial score (nSPS) is 23.2. The number of ether oxygens (including phenoxy) is 1. The Labute approximate surface area is 96.4 Å². The van der Waals surface area contributed by atoms with Crippen LogP contribution in [0.25, 0.3) is 4.85 Å². The molecule has 1 spiro atoms. The van der Waals surface area contributed by atoms with Gasteiger partial charge in [-0.2, -0.15) is 0 Å². The second kappa shape index (κ2) is 3.38. The van der Waals surface area contributed by atoms with Gasteiger partial charge in [-0.15, -0.1) is 0 Å². The van der Waals surface area contributed by atoms with Crippen molar-refractivity contribution in [1.82, 2.24) is 4.90 Å². The van der Waals surface area contributed by atoms with Gasteiger partial charge in [0.15, 0.2) is 0 Å². The molecule has 1 aliphatic carbocycles. The van der Waals surface area contributed by atoms with E-state index in [0.29, 0.717) is 0 Å². The van der Waals surface area contributed by atoms with Gasteiger partial charge in [-0.1, -0.05) is 0 Å². The highest BCUT2D eigenvalue weighted by molar-refractivity contribution is 5.69. The monoisotopic (exact) mass is 222 g/mol. The van der Waals surface area contributed by atoms with E-state index >= 15 is 0 Å². The Kier molecular flexibility index (Phi) is 2.37. The highest BCUT2D eigenvalue weighted by Gasteiger charge is 2.57. The number of likely N-dealkylation sites (tertiary alicyclic amines) is 1. The van der Waals surface area contributed by atoms with Crippen molar-refractivity contribution in [3.63, 3.8) is 0 Å². The zero-order chi connectivity index (χ0) is 12.0. The Balaban J connectivity index is 1.77. The fraction of sp³-hybridized carbons (Fsp3) is 0.833. The van der Waals surface area contributed by atoms with Crippen molar-refractivity contribution in [3.05, 3.63) is 11.4 Å². The molecule has 4 heteroatoms. The fourth-order valence-corrected chi connectivity index (χ4v) is 2.51. The molecule has 2 aliphatic rings. The summed E-state index contributed by atoms with van der Waals surface area (Å²) < 4.78 is 5.28. The van der Waals surface area contributed by atoms with Crippen molar-refractivity contribution in [1.29, 1.82) is 0 Å². The van der Waals surface area contributed by atoms with Crippen LogP contribution in [0.4, 0.5) is 4.79 Å². The quantitative estimate of drug-likeness (QED) is 0.589. The summed E-state index contributed by atoms with van der Waals surface area (Å²) in [5.74, 6) is 0. The summed E-state index contributed by atoms with van der Waals surface area (Å²) in [4.78, 5) is 16.9. The lowest BCUT2D eigenvalue weighted by Gasteiger charge is -2.54. The number of hydrogen-bond acceptors (Lipinski definition) is 2. The van der Waals surface area contributed by atoms with Gasteiger partial charge < -0.3 is 14.5 Å². The van der Waals surface area contributed by atoms with Crippen LogP contribution in [0.1, 0.15) is 33.6 Å². The molecule has 4 nitrogen and oxygen atoms in total. The molecule has 2 fully saturated rings. The van der Waals surface area contributed by atoms with E-state index in [1.165, 1.54) is 0 Å². The lowest BCUT2D eigenvalue weighted by atomic mass is 9.61. The van der Waals surface area contributed by atoms with Crippen LogP contribution in [-0.2, 0) is 4.74 Å². The van der Waals surface area contributed by atoms with Crippen LogP contribution in [0.15, 0.2) is 0 Å². The summed E-state index contributed by atoms with van der Waals surface area (Å²) in [6, 6.07) is 0.195. The van der Waals surface area contributed by atoms with Crippen molar-refractivity contribution < 1.29 is 9.53 Å². The molecule has 2 rings (SSSR count). The van der Waals surface area contributed by atoms with Gasteiger partial charge in [0.2, 0.25) is 6.04 Å². The van der Waals surface area contributed by atoms with E-state index in [-0.39, 0.29) is 17.6 Å². The SMILES string of the molecule is [C-]#[N+]C1CC2(C1)CN(C(=O)OC(C)(C)C)C2. The smallest absolute Gasteiger partial charge is 0.410 e. The molecule has 1 saturated heterocycles. The molecule has 1 amide bonds. The second-order valence-corrected chi connectivity index (χ2v) is 6.03. The maximum Gasteiger partial charge on any atom is 0.410 e. The zero-order valence-corrected chi connectivity index (χ0v) is 10.1. The first kappa shape index (κ1) is 11.3. The van der Waals surface area contributed by atoms with Gasteiger partial charge in [0, 0.05) is 31.3 Å². The highest BCUT2D eigenvalue weighted by atomic mass is 16.6. The molecule has 0 unspecified atom stereocenters. The van der Waals surface area contributed by atoms with E-state index in [1.54, 1.807) is 4.90 Å². The molecule has 0 aromatic heterocycles. The van der Waals surface area contributed by atoms with Crippen molar-refractivity contribution in [2.24, 2.45) is 5.41 Å². The Morgan fingerprint density at radius 2 is 2.00 bits per heavy atom. The van der Waals surface area contributed by atoms with Gasteiger partial charge >= 0.3 is 6.09 Å². The zero-order valence-electron chi connectivity index (χ0n) is 10.1. The van der Waals surface area contributed by atoms with Gasteiger partial charge in [-0.05, 0) is 20.8 Å². The minimum atomic E-state index is -0.418. The molecule has 0 atom stereocenters. The largest absolute Gasteiger partial charge is 0.444 e. The Hall–Kier alpha value is -1.24. The summed E-state index contributed by atoms with van der Waals surface area (Å²) in [7, 11) is 0. The third-order valence-electron chi connectivity index (χ3n) is 3.22. The highest BCUT2D eigenvalue weighted by Crippen LogP contribution is 2.49.